The summed E-state index contributed by atoms with van der Waals surface area (Å²) in [6.45, 7) is 4.08. The Morgan fingerprint density at radius 2 is 1.92 bits per heavy atom. The van der Waals surface area contributed by atoms with Crippen LogP contribution < -0.4 is 11.1 Å². The van der Waals surface area contributed by atoms with Crippen molar-refractivity contribution >= 4 is 11.8 Å². The van der Waals surface area contributed by atoms with Gasteiger partial charge in [0.2, 0.25) is 5.95 Å². The van der Waals surface area contributed by atoms with Crippen molar-refractivity contribution in [2.75, 3.05) is 17.6 Å². The minimum atomic E-state index is 0.606. The summed E-state index contributed by atoms with van der Waals surface area (Å²) in [6.07, 6.45) is 5.16. The molecule has 0 unspecified atom stereocenters. The Hall–Kier alpha value is -3.00. The zero-order valence-corrected chi connectivity index (χ0v) is 13.8. The molecule has 0 amide bonds. The highest BCUT2D eigenvalue weighted by Gasteiger charge is 2.19. The molecule has 0 bridgehead atoms. The molecule has 0 spiro atoms. The van der Waals surface area contributed by atoms with Crippen LogP contribution in [0, 0.1) is 0 Å². The fourth-order valence-corrected chi connectivity index (χ4v) is 2.99. The van der Waals surface area contributed by atoms with Gasteiger partial charge in [-0.2, -0.15) is 5.10 Å². The highest BCUT2D eigenvalue weighted by atomic mass is 15.3. The predicted octanol–water partition coefficient (Wildman–Crippen LogP) is 1.28. The van der Waals surface area contributed by atoms with Crippen LogP contribution in [0.2, 0.25) is 0 Å². The number of hydrogen-bond acceptors (Lipinski definition) is 7. The number of nitrogens with two attached hydrogens (primary N) is 1. The molecule has 1 aliphatic heterocycles. The van der Waals surface area contributed by atoms with E-state index in [0.717, 1.165) is 37.4 Å². The van der Waals surface area contributed by atoms with Crippen LogP contribution >= 0.6 is 0 Å². The number of anilines is 2. The summed E-state index contributed by atoms with van der Waals surface area (Å²) < 4.78 is 2.08. The van der Waals surface area contributed by atoms with Gasteiger partial charge in [-0.1, -0.05) is 6.07 Å². The van der Waals surface area contributed by atoms with Gasteiger partial charge in [0.25, 0.3) is 0 Å². The second kappa shape index (κ2) is 6.86. The summed E-state index contributed by atoms with van der Waals surface area (Å²) in [7, 11) is 0. The summed E-state index contributed by atoms with van der Waals surface area (Å²) in [6, 6.07) is 7.89. The van der Waals surface area contributed by atoms with Crippen molar-refractivity contribution in [1.29, 1.82) is 0 Å². The van der Waals surface area contributed by atoms with E-state index < -0.39 is 0 Å². The zero-order chi connectivity index (χ0) is 17.1. The first kappa shape index (κ1) is 15.5. The van der Waals surface area contributed by atoms with Crippen LogP contribution in [0.5, 0.6) is 0 Å². The molecule has 8 nitrogen and oxygen atoms in total. The Morgan fingerprint density at radius 3 is 2.76 bits per heavy atom. The number of fused-ring (bicyclic) bond motifs is 1. The summed E-state index contributed by atoms with van der Waals surface area (Å²) >= 11 is 0. The molecular weight excluding hydrogens is 316 g/mol. The quantitative estimate of drug-likeness (QED) is 0.724. The van der Waals surface area contributed by atoms with Gasteiger partial charge in [-0.15, -0.1) is 0 Å². The number of pyridine rings is 1. The van der Waals surface area contributed by atoms with Crippen LogP contribution in [0.1, 0.15) is 17.0 Å². The molecule has 0 aliphatic carbocycles. The van der Waals surface area contributed by atoms with Gasteiger partial charge in [0.15, 0.2) is 0 Å². The third-order valence-corrected chi connectivity index (χ3v) is 4.24. The minimum absolute atomic E-state index is 0.606. The maximum Gasteiger partial charge on any atom is 0.222 e. The summed E-state index contributed by atoms with van der Waals surface area (Å²) in [5, 5.41) is 7.85. The Morgan fingerprint density at radius 1 is 1.08 bits per heavy atom. The summed E-state index contributed by atoms with van der Waals surface area (Å²) in [4.78, 5) is 14.8. The van der Waals surface area contributed by atoms with E-state index >= 15 is 0 Å². The van der Waals surface area contributed by atoms with Gasteiger partial charge in [-0.3, -0.25) is 9.58 Å². The van der Waals surface area contributed by atoms with Crippen LogP contribution in [0.25, 0.3) is 0 Å². The van der Waals surface area contributed by atoms with Gasteiger partial charge in [0.05, 0.1) is 24.5 Å². The fraction of sp³-hybridized carbons (Fsp3) is 0.294. The lowest BCUT2D eigenvalue weighted by Crippen LogP contribution is -2.33. The lowest BCUT2D eigenvalue weighted by molar-refractivity contribution is 0.205. The van der Waals surface area contributed by atoms with E-state index in [2.05, 4.69) is 41.0 Å². The highest BCUT2D eigenvalue weighted by Crippen LogP contribution is 2.18. The Bertz CT molecular complexity index is 845. The molecule has 0 saturated heterocycles. The van der Waals surface area contributed by atoms with E-state index in [1.54, 1.807) is 24.7 Å². The van der Waals surface area contributed by atoms with Crippen molar-refractivity contribution in [2.45, 2.75) is 26.2 Å². The summed E-state index contributed by atoms with van der Waals surface area (Å²) in [5.74, 6) is 1.22. The van der Waals surface area contributed by atoms with Crippen molar-refractivity contribution in [1.82, 2.24) is 29.6 Å². The molecule has 4 rings (SSSR count). The van der Waals surface area contributed by atoms with E-state index in [0.29, 0.717) is 18.3 Å². The van der Waals surface area contributed by atoms with Crippen molar-refractivity contribution in [2.24, 2.45) is 0 Å². The van der Waals surface area contributed by atoms with Crippen LogP contribution in [0.4, 0.5) is 11.8 Å². The average molecular weight is 336 g/mol. The number of nitrogen functional groups attached to an aromatic ring is 1. The Labute approximate surface area is 145 Å². The molecule has 8 heteroatoms. The monoisotopic (exact) mass is 336 g/mol. The van der Waals surface area contributed by atoms with Crippen molar-refractivity contribution in [3.63, 3.8) is 0 Å². The zero-order valence-electron chi connectivity index (χ0n) is 13.8. The molecule has 1 aliphatic rings. The maximum atomic E-state index is 5.96. The number of hydrogen-bond donors (Lipinski definition) is 2. The fourth-order valence-electron chi connectivity index (χ4n) is 2.99. The normalized spacial score (nSPS) is 14.2. The molecule has 0 atom stereocenters. The second-order valence-electron chi connectivity index (χ2n) is 6.03. The van der Waals surface area contributed by atoms with E-state index in [1.165, 1.54) is 5.69 Å². The van der Waals surface area contributed by atoms with Gasteiger partial charge in [0.1, 0.15) is 5.82 Å². The molecular formula is C17H20N8. The van der Waals surface area contributed by atoms with E-state index in [4.69, 9.17) is 5.73 Å². The van der Waals surface area contributed by atoms with Crippen LogP contribution in [0.3, 0.4) is 0 Å². The first-order chi connectivity index (χ1) is 12.3. The maximum absolute atomic E-state index is 5.96. The van der Waals surface area contributed by atoms with Gasteiger partial charge < -0.3 is 11.1 Å². The van der Waals surface area contributed by atoms with Crippen LogP contribution in [0.15, 0.2) is 42.9 Å². The molecule has 0 fully saturated rings. The third-order valence-electron chi connectivity index (χ3n) is 4.24. The number of nitrogens with zero attached hydrogens (tertiary/aromatic N) is 6. The largest absolute Gasteiger partial charge is 0.383 e. The Balaban J connectivity index is 1.40. The predicted molar refractivity (Wildman–Crippen MR) is 94.3 cm³/mol. The lowest BCUT2D eigenvalue weighted by Gasteiger charge is -2.27. The van der Waals surface area contributed by atoms with Gasteiger partial charge in [-0.25, -0.2) is 15.0 Å². The first-order valence-corrected chi connectivity index (χ1v) is 8.26. The molecule has 0 aromatic carbocycles. The highest BCUT2D eigenvalue weighted by molar-refractivity contribution is 5.38. The number of nitrogens with one attached hydrogen (secondary N) is 1. The molecule has 0 radical (unpaired) electrons. The summed E-state index contributed by atoms with van der Waals surface area (Å²) in [5.41, 5.74) is 9.22. The molecule has 128 valence electrons. The van der Waals surface area contributed by atoms with E-state index in [-0.39, 0.29) is 0 Å². The molecule has 3 N–H and O–H groups in total. The number of rotatable bonds is 5. The van der Waals surface area contributed by atoms with Crippen molar-refractivity contribution < 1.29 is 0 Å². The first-order valence-electron chi connectivity index (χ1n) is 8.26. The van der Waals surface area contributed by atoms with Gasteiger partial charge >= 0.3 is 0 Å². The average Bonchev–Trinajstić information content (AvgIpc) is 3.05. The Kier molecular flexibility index (Phi) is 4.26. The lowest BCUT2D eigenvalue weighted by atomic mass is 10.2. The van der Waals surface area contributed by atoms with E-state index in [9.17, 15) is 0 Å². The van der Waals surface area contributed by atoms with Crippen molar-refractivity contribution in [3.8, 4) is 0 Å². The minimum Gasteiger partial charge on any atom is -0.383 e. The molecule has 25 heavy (non-hydrogen) atoms. The second-order valence-corrected chi connectivity index (χ2v) is 6.03. The molecule has 0 saturated carbocycles. The SMILES string of the molecule is Nc1ncccc1CN1CCn2nc(CNc3ncccn3)cc2C1. The van der Waals surface area contributed by atoms with E-state index in [1.807, 2.05) is 12.1 Å². The molecule has 4 heterocycles. The van der Waals surface area contributed by atoms with Gasteiger partial charge in [0, 0.05) is 43.8 Å². The molecule has 3 aromatic rings. The van der Waals surface area contributed by atoms with Crippen molar-refractivity contribution in [3.05, 3.63) is 59.8 Å². The molecule has 3 aromatic heterocycles. The van der Waals surface area contributed by atoms with Gasteiger partial charge in [-0.05, 0) is 18.2 Å². The number of aromatic nitrogens is 5. The van der Waals surface area contributed by atoms with Crippen LogP contribution in [-0.2, 0) is 26.2 Å². The third kappa shape index (κ3) is 3.58. The smallest absolute Gasteiger partial charge is 0.222 e. The van der Waals surface area contributed by atoms with Crippen LogP contribution in [-0.4, -0.2) is 36.2 Å². The topological polar surface area (TPSA) is 97.8 Å². The standard InChI is InChI=1S/C17H20N8/c18-16-13(3-1-4-19-16)11-24-7-8-25-15(12-24)9-14(23-25)10-22-17-20-5-2-6-21-17/h1-6,9H,7-8,10-12H2,(H2,18,19)(H,20,21,22).